The van der Waals surface area contributed by atoms with E-state index in [9.17, 15) is 14.0 Å². The van der Waals surface area contributed by atoms with Gasteiger partial charge in [0.05, 0.1) is 11.8 Å². The first kappa shape index (κ1) is 31.2. The number of aromatic nitrogens is 2. The maximum Gasteiger partial charge on any atom is 0.246 e. The van der Waals surface area contributed by atoms with Crippen LogP contribution in [0.15, 0.2) is 42.6 Å². The Morgan fingerprint density at radius 3 is 2.67 bits per heavy atom. The second kappa shape index (κ2) is 16.1. The largest absolute Gasteiger partial charge is 0.358 e. The molecule has 2 rings (SSSR count). The fraction of sp³-hybridized carbons (Fsp3) is 0.448. The number of likely N-dealkylation sites (N-methyl/N-ethyl adjacent to an activating group) is 2. The fourth-order valence-corrected chi connectivity index (χ4v) is 3.49. The van der Waals surface area contributed by atoms with E-state index in [1.807, 2.05) is 30.9 Å². The van der Waals surface area contributed by atoms with Crippen molar-refractivity contribution in [1.29, 1.82) is 0 Å². The maximum absolute atomic E-state index is 13.5. The Morgan fingerprint density at radius 2 is 1.97 bits per heavy atom. The lowest BCUT2D eigenvalue weighted by Gasteiger charge is -2.23. The van der Waals surface area contributed by atoms with E-state index < -0.39 is 6.04 Å². The second-order valence-corrected chi connectivity index (χ2v) is 9.47. The minimum absolute atomic E-state index is 0.210. The number of nitrogens with zero attached hydrogens (tertiary/aromatic N) is 5. The van der Waals surface area contributed by atoms with Crippen LogP contribution in [-0.2, 0) is 9.59 Å². The quantitative estimate of drug-likeness (QED) is 0.230. The number of halogens is 1. The van der Waals surface area contributed by atoms with Crippen LogP contribution in [0, 0.1) is 17.7 Å². The minimum Gasteiger partial charge on any atom is -0.358 e. The van der Waals surface area contributed by atoms with Gasteiger partial charge in [0.1, 0.15) is 17.7 Å². The van der Waals surface area contributed by atoms with Gasteiger partial charge in [-0.05, 0) is 52.1 Å². The number of hydrogen-bond acceptors (Lipinski definition) is 7. The predicted molar refractivity (Wildman–Crippen MR) is 154 cm³/mol. The number of rotatable bonds is 13. The Hall–Kier alpha value is -3.97. The van der Waals surface area contributed by atoms with Crippen molar-refractivity contribution >= 4 is 29.3 Å². The molecule has 2 amide bonds. The zero-order valence-corrected chi connectivity index (χ0v) is 23.8. The standard InChI is InChI=1S/C29H40FN7O2/c1-7-18-36(5)27-23(21-32-29(34-27)33-25-15-11-14-24(30)20-25)13-9-8-10-17-31-28(39)22(2)37(6)26(38)16-12-19-35(3)4/h11-12,14-16,20-22H,7-8,10,17-19H2,1-6H3,(H,31,39)(H,32,33,34)/t22-/m0/s1. The van der Waals surface area contributed by atoms with E-state index in [4.69, 9.17) is 0 Å². The van der Waals surface area contributed by atoms with Crippen LogP contribution >= 0.6 is 0 Å². The molecule has 2 aromatic rings. The highest BCUT2D eigenvalue weighted by Crippen LogP contribution is 2.20. The zero-order chi connectivity index (χ0) is 28.8. The highest BCUT2D eigenvalue weighted by atomic mass is 19.1. The summed E-state index contributed by atoms with van der Waals surface area (Å²) in [5.41, 5.74) is 1.25. The summed E-state index contributed by atoms with van der Waals surface area (Å²) >= 11 is 0. The van der Waals surface area contributed by atoms with Gasteiger partial charge in [0.15, 0.2) is 0 Å². The lowest BCUT2D eigenvalue weighted by Crippen LogP contribution is -2.45. The molecule has 210 valence electrons. The third kappa shape index (κ3) is 10.7. The number of nitrogens with one attached hydrogen (secondary N) is 2. The van der Waals surface area contributed by atoms with Crippen molar-refractivity contribution in [3.8, 4) is 11.8 Å². The van der Waals surface area contributed by atoms with Crippen LogP contribution in [0.3, 0.4) is 0 Å². The molecule has 0 spiro atoms. The lowest BCUT2D eigenvalue weighted by molar-refractivity contribution is -0.135. The van der Waals surface area contributed by atoms with Crippen LogP contribution < -0.4 is 15.5 Å². The molecule has 39 heavy (non-hydrogen) atoms. The molecule has 1 atom stereocenters. The van der Waals surface area contributed by atoms with Gasteiger partial charge in [0, 0.05) is 51.9 Å². The molecule has 0 saturated carbocycles. The summed E-state index contributed by atoms with van der Waals surface area (Å²) in [7, 11) is 7.40. The average molecular weight is 538 g/mol. The molecular weight excluding hydrogens is 497 g/mol. The van der Waals surface area contributed by atoms with E-state index in [0.29, 0.717) is 48.9 Å². The topological polar surface area (TPSA) is 93.7 Å². The molecule has 0 aliphatic rings. The van der Waals surface area contributed by atoms with E-state index >= 15 is 0 Å². The van der Waals surface area contributed by atoms with E-state index in [1.54, 1.807) is 38.4 Å². The van der Waals surface area contributed by atoms with Gasteiger partial charge in [0.25, 0.3) is 0 Å². The summed E-state index contributed by atoms with van der Waals surface area (Å²) in [4.78, 5) is 39.1. The Morgan fingerprint density at radius 1 is 1.21 bits per heavy atom. The number of unbranched alkanes of at least 4 members (excludes halogenated alkanes) is 1. The van der Waals surface area contributed by atoms with Crippen molar-refractivity contribution in [3.05, 3.63) is 54.0 Å². The van der Waals surface area contributed by atoms with Crippen molar-refractivity contribution in [3.63, 3.8) is 0 Å². The van der Waals surface area contributed by atoms with Crippen LogP contribution in [0.4, 0.5) is 21.8 Å². The van der Waals surface area contributed by atoms with Crippen LogP contribution in [-0.4, -0.2) is 85.4 Å². The third-order valence-corrected chi connectivity index (χ3v) is 5.81. The molecule has 0 unspecified atom stereocenters. The summed E-state index contributed by atoms with van der Waals surface area (Å²) in [6.45, 7) is 5.68. The van der Waals surface area contributed by atoms with Gasteiger partial charge in [-0.1, -0.05) is 30.9 Å². The summed E-state index contributed by atoms with van der Waals surface area (Å²) in [6, 6.07) is 5.54. The predicted octanol–water partition coefficient (Wildman–Crippen LogP) is 3.42. The average Bonchev–Trinajstić information content (AvgIpc) is 2.90. The molecule has 0 fully saturated rings. The summed E-state index contributed by atoms with van der Waals surface area (Å²) in [6.07, 6.45) is 7.08. The smallest absolute Gasteiger partial charge is 0.246 e. The minimum atomic E-state index is -0.582. The fourth-order valence-electron chi connectivity index (χ4n) is 3.49. The third-order valence-electron chi connectivity index (χ3n) is 5.81. The van der Waals surface area contributed by atoms with Crippen molar-refractivity contribution in [1.82, 2.24) is 25.1 Å². The zero-order valence-electron chi connectivity index (χ0n) is 23.8. The molecule has 9 nitrogen and oxygen atoms in total. The summed E-state index contributed by atoms with van der Waals surface area (Å²) in [5.74, 6) is 6.56. The van der Waals surface area contributed by atoms with E-state index in [2.05, 4.69) is 39.4 Å². The molecule has 0 aliphatic carbocycles. The van der Waals surface area contributed by atoms with Crippen molar-refractivity contribution in [2.75, 3.05) is 58.0 Å². The van der Waals surface area contributed by atoms with Crippen molar-refractivity contribution in [2.45, 2.75) is 39.2 Å². The highest BCUT2D eigenvalue weighted by Gasteiger charge is 2.20. The van der Waals surface area contributed by atoms with Crippen LogP contribution in [0.2, 0.25) is 0 Å². The van der Waals surface area contributed by atoms with Gasteiger partial charge in [-0.15, -0.1) is 0 Å². The van der Waals surface area contributed by atoms with Gasteiger partial charge >= 0.3 is 0 Å². The Labute approximate surface area is 231 Å². The molecule has 2 N–H and O–H groups in total. The number of benzene rings is 1. The first-order valence-corrected chi connectivity index (χ1v) is 13.1. The van der Waals surface area contributed by atoms with Crippen LogP contribution in [0.25, 0.3) is 0 Å². The number of hydrogen-bond donors (Lipinski definition) is 2. The first-order valence-electron chi connectivity index (χ1n) is 13.1. The van der Waals surface area contributed by atoms with Gasteiger partial charge in [-0.2, -0.15) is 4.98 Å². The molecule has 0 aliphatic heterocycles. The van der Waals surface area contributed by atoms with Crippen molar-refractivity contribution < 1.29 is 14.0 Å². The summed E-state index contributed by atoms with van der Waals surface area (Å²) < 4.78 is 13.5. The Balaban J connectivity index is 1.92. The van der Waals surface area contributed by atoms with Crippen LogP contribution in [0.1, 0.15) is 38.7 Å². The van der Waals surface area contributed by atoms with Crippen LogP contribution in [0.5, 0.6) is 0 Å². The molecule has 1 aromatic carbocycles. The molecule has 0 saturated heterocycles. The molecular formula is C29H40FN7O2. The Bertz CT molecular complexity index is 1190. The van der Waals surface area contributed by atoms with Gasteiger partial charge in [0.2, 0.25) is 17.8 Å². The normalized spacial score (nSPS) is 11.6. The Kier molecular flexibility index (Phi) is 12.9. The number of carbonyl (C=O) groups excluding carboxylic acids is 2. The molecule has 10 heteroatoms. The van der Waals surface area contributed by atoms with E-state index in [0.717, 1.165) is 13.0 Å². The number of anilines is 3. The number of carbonyl (C=O) groups is 2. The number of amides is 2. The van der Waals surface area contributed by atoms with E-state index in [-0.39, 0.29) is 17.6 Å². The molecule has 0 bridgehead atoms. The molecule has 0 radical (unpaired) electrons. The molecule has 1 heterocycles. The first-order chi connectivity index (χ1) is 18.6. The maximum atomic E-state index is 13.5. The SMILES string of the molecule is CCCN(C)c1nc(Nc2cccc(F)c2)ncc1C#CCCCNC(=O)[C@H](C)N(C)C(=O)C=CCN(C)C. The van der Waals surface area contributed by atoms with Gasteiger partial charge in [-0.25, -0.2) is 9.37 Å². The second-order valence-electron chi connectivity index (χ2n) is 9.47. The van der Waals surface area contributed by atoms with Crippen molar-refractivity contribution in [2.24, 2.45) is 0 Å². The molecule has 1 aromatic heterocycles. The lowest BCUT2D eigenvalue weighted by atomic mass is 10.2. The monoisotopic (exact) mass is 537 g/mol. The highest BCUT2D eigenvalue weighted by molar-refractivity contribution is 5.92. The van der Waals surface area contributed by atoms with E-state index in [1.165, 1.54) is 23.1 Å². The van der Waals surface area contributed by atoms with Gasteiger partial charge in [-0.3, -0.25) is 9.59 Å². The van der Waals surface area contributed by atoms with Gasteiger partial charge < -0.3 is 25.3 Å². The summed E-state index contributed by atoms with van der Waals surface area (Å²) in [5, 5.41) is 5.91.